The van der Waals surface area contributed by atoms with Gasteiger partial charge in [-0.2, -0.15) is 11.8 Å². The predicted octanol–water partition coefficient (Wildman–Crippen LogP) is 2.14. The maximum absolute atomic E-state index is 9.08. The highest BCUT2D eigenvalue weighted by atomic mass is 32.2. The van der Waals surface area contributed by atoms with Crippen LogP contribution in [0.5, 0.6) is 0 Å². The molecule has 4 heteroatoms. The van der Waals surface area contributed by atoms with E-state index in [2.05, 4.69) is 16.7 Å². The molecular weight excluding hydrogens is 258 g/mol. The average molecular weight is 285 g/mol. The van der Waals surface area contributed by atoms with Gasteiger partial charge in [0.1, 0.15) is 0 Å². The molecule has 0 bridgehead atoms. The first kappa shape index (κ1) is 14.2. The zero-order valence-electron chi connectivity index (χ0n) is 11.9. The van der Waals surface area contributed by atoms with Crippen molar-refractivity contribution in [3.05, 3.63) is 0 Å². The van der Waals surface area contributed by atoms with Crippen molar-refractivity contribution in [1.82, 2.24) is 4.90 Å². The predicted molar refractivity (Wildman–Crippen MR) is 79.6 cm³/mol. The Hall–Kier alpha value is 0.230. The summed E-state index contributed by atoms with van der Waals surface area (Å²) < 4.78 is 6.19. The van der Waals surface area contributed by atoms with E-state index in [0.717, 1.165) is 25.0 Å². The van der Waals surface area contributed by atoms with Crippen LogP contribution in [0.15, 0.2) is 0 Å². The van der Waals surface area contributed by atoms with Crippen LogP contribution >= 0.6 is 11.8 Å². The number of hydrogen-bond donors (Lipinski definition) is 1. The molecule has 19 heavy (non-hydrogen) atoms. The fraction of sp³-hybridized carbons (Fsp3) is 1.00. The molecule has 110 valence electrons. The van der Waals surface area contributed by atoms with Gasteiger partial charge in [0.25, 0.3) is 0 Å². The van der Waals surface area contributed by atoms with Gasteiger partial charge in [0.15, 0.2) is 0 Å². The molecule has 1 spiro atoms. The van der Waals surface area contributed by atoms with Crippen molar-refractivity contribution in [2.24, 2.45) is 5.92 Å². The van der Waals surface area contributed by atoms with Gasteiger partial charge < -0.3 is 9.84 Å². The maximum Gasteiger partial charge on any atom is 0.0713 e. The number of rotatable bonds is 3. The summed E-state index contributed by atoms with van der Waals surface area (Å²) >= 11 is 2.08. The summed E-state index contributed by atoms with van der Waals surface area (Å²) in [6.45, 7) is 3.75. The highest BCUT2D eigenvalue weighted by Gasteiger charge is 2.41. The zero-order chi connectivity index (χ0) is 13.1. The van der Waals surface area contributed by atoms with E-state index in [1.165, 1.54) is 56.7 Å². The van der Waals surface area contributed by atoms with Gasteiger partial charge in [0, 0.05) is 25.8 Å². The Morgan fingerprint density at radius 1 is 1.26 bits per heavy atom. The highest BCUT2D eigenvalue weighted by Crippen LogP contribution is 2.39. The Morgan fingerprint density at radius 3 is 2.89 bits per heavy atom. The van der Waals surface area contributed by atoms with Crippen LogP contribution in [0, 0.1) is 5.92 Å². The van der Waals surface area contributed by atoms with Crippen molar-refractivity contribution in [2.45, 2.75) is 50.2 Å². The van der Waals surface area contributed by atoms with Gasteiger partial charge in [0.05, 0.1) is 5.60 Å². The van der Waals surface area contributed by atoms with Gasteiger partial charge in [-0.05, 0) is 62.5 Å². The van der Waals surface area contributed by atoms with E-state index >= 15 is 0 Å². The number of thioether (sulfide) groups is 1. The standard InChI is InChI=1S/C15H27NO2S/c17-7-2-13-1-6-16(12-13)14-3-8-18-15(11-14)4-9-19-10-5-15/h13-14,17H,1-12H2. The smallest absolute Gasteiger partial charge is 0.0713 e. The minimum Gasteiger partial charge on any atom is -0.396 e. The number of hydrogen-bond acceptors (Lipinski definition) is 4. The van der Waals surface area contributed by atoms with Crippen LogP contribution < -0.4 is 0 Å². The normalized spacial score (nSPS) is 35.8. The third-order valence-electron chi connectivity index (χ3n) is 5.24. The van der Waals surface area contributed by atoms with Crippen LogP contribution in [-0.4, -0.2) is 59.5 Å². The zero-order valence-corrected chi connectivity index (χ0v) is 12.7. The molecular formula is C15H27NO2S. The van der Waals surface area contributed by atoms with Crippen LogP contribution in [0.25, 0.3) is 0 Å². The lowest BCUT2D eigenvalue weighted by Crippen LogP contribution is -2.49. The van der Waals surface area contributed by atoms with Gasteiger partial charge in [-0.3, -0.25) is 4.90 Å². The molecule has 3 nitrogen and oxygen atoms in total. The Balaban J connectivity index is 1.56. The summed E-state index contributed by atoms with van der Waals surface area (Å²) in [5.41, 5.74) is 0.212. The van der Waals surface area contributed by atoms with Crippen molar-refractivity contribution >= 4 is 11.8 Å². The number of ether oxygens (including phenoxy) is 1. The van der Waals surface area contributed by atoms with Crippen molar-refractivity contribution in [2.75, 3.05) is 37.8 Å². The second-order valence-electron chi connectivity index (χ2n) is 6.45. The molecule has 3 heterocycles. The molecule has 0 aromatic carbocycles. The highest BCUT2D eigenvalue weighted by molar-refractivity contribution is 7.99. The van der Waals surface area contributed by atoms with E-state index in [9.17, 15) is 0 Å². The SMILES string of the molecule is OCCC1CCN(C2CCOC3(CCSCC3)C2)C1. The van der Waals surface area contributed by atoms with Crippen LogP contribution in [0.3, 0.4) is 0 Å². The number of aliphatic hydroxyl groups is 1. The Kier molecular flexibility index (Phi) is 4.73. The fourth-order valence-corrected chi connectivity index (χ4v) is 5.25. The molecule has 3 aliphatic rings. The Morgan fingerprint density at radius 2 is 2.11 bits per heavy atom. The second kappa shape index (κ2) is 6.33. The third-order valence-corrected chi connectivity index (χ3v) is 6.23. The molecule has 3 fully saturated rings. The van der Waals surface area contributed by atoms with E-state index in [4.69, 9.17) is 9.84 Å². The van der Waals surface area contributed by atoms with E-state index < -0.39 is 0 Å². The first-order valence-corrected chi connectivity index (χ1v) is 9.03. The van der Waals surface area contributed by atoms with E-state index in [0.29, 0.717) is 6.61 Å². The fourth-order valence-electron chi connectivity index (χ4n) is 4.02. The molecule has 0 aromatic rings. The molecule has 3 aliphatic heterocycles. The van der Waals surface area contributed by atoms with Gasteiger partial charge >= 0.3 is 0 Å². The molecule has 0 radical (unpaired) electrons. The van der Waals surface area contributed by atoms with E-state index in [1.807, 2.05) is 0 Å². The van der Waals surface area contributed by atoms with Crippen molar-refractivity contribution in [3.63, 3.8) is 0 Å². The minimum atomic E-state index is 0.212. The molecule has 0 aromatic heterocycles. The van der Waals surface area contributed by atoms with Crippen molar-refractivity contribution in [3.8, 4) is 0 Å². The lowest BCUT2D eigenvalue weighted by molar-refractivity contribution is -0.108. The van der Waals surface area contributed by atoms with E-state index in [1.54, 1.807) is 0 Å². The summed E-state index contributed by atoms with van der Waals surface area (Å²) in [4.78, 5) is 2.69. The number of aliphatic hydroxyl groups excluding tert-OH is 1. The Bertz CT molecular complexity index is 288. The average Bonchev–Trinajstić information content (AvgIpc) is 2.89. The van der Waals surface area contributed by atoms with Gasteiger partial charge in [-0.15, -0.1) is 0 Å². The summed E-state index contributed by atoms with van der Waals surface area (Å²) in [6, 6.07) is 0.737. The lowest BCUT2D eigenvalue weighted by Gasteiger charge is -2.45. The molecule has 3 rings (SSSR count). The molecule has 2 atom stereocenters. The molecule has 3 saturated heterocycles. The quantitative estimate of drug-likeness (QED) is 0.861. The number of likely N-dealkylation sites (tertiary alicyclic amines) is 1. The van der Waals surface area contributed by atoms with Gasteiger partial charge in [-0.25, -0.2) is 0 Å². The topological polar surface area (TPSA) is 32.7 Å². The molecule has 0 aliphatic carbocycles. The second-order valence-corrected chi connectivity index (χ2v) is 7.68. The Labute approximate surface area is 121 Å². The number of nitrogens with zero attached hydrogens (tertiary/aromatic N) is 1. The third kappa shape index (κ3) is 3.29. The monoisotopic (exact) mass is 285 g/mol. The first-order valence-electron chi connectivity index (χ1n) is 7.88. The molecule has 0 saturated carbocycles. The van der Waals surface area contributed by atoms with Crippen LogP contribution in [-0.2, 0) is 4.74 Å². The molecule has 1 N–H and O–H groups in total. The maximum atomic E-state index is 9.08. The van der Waals surface area contributed by atoms with Crippen LogP contribution in [0.1, 0.15) is 38.5 Å². The van der Waals surface area contributed by atoms with Crippen LogP contribution in [0.2, 0.25) is 0 Å². The van der Waals surface area contributed by atoms with Crippen molar-refractivity contribution < 1.29 is 9.84 Å². The summed E-state index contributed by atoms with van der Waals surface area (Å²) in [7, 11) is 0. The summed E-state index contributed by atoms with van der Waals surface area (Å²) in [5, 5.41) is 9.08. The first-order chi connectivity index (χ1) is 9.31. The lowest BCUT2D eigenvalue weighted by atomic mass is 9.85. The van der Waals surface area contributed by atoms with Crippen molar-refractivity contribution in [1.29, 1.82) is 0 Å². The van der Waals surface area contributed by atoms with Crippen LogP contribution in [0.4, 0.5) is 0 Å². The van der Waals surface area contributed by atoms with Gasteiger partial charge in [-0.1, -0.05) is 0 Å². The largest absolute Gasteiger partial charge is 0.396 e. The van der Waals surface area contributed by atoms with E-state index in [-0.39, 0.29) is 5.60 Å². The summed E-state index contributed by atoms with van der Waals surface area (Å²) in [5.74, 6) is 3.28. The summed E-state index contributed by atoms with van der Waals surface area (Å²) in [6.07, 6.45) is 7.23. The van der Waals surface area contributed by atoms with Gasteiger partial charge in [0.2, 0.25) is 0 Å². The molecule has 2 unspecified atom stereocenters. The molecule has 0 amide bonds. The minimum absolute atomic E-state index is 0.212.